The van der Waals surface area contributed by atoms with E-state index >= 15 is 0 Å². The number of ether oxygens (including phenoxy) is 1. The molecule has 0 N–H and O–H groups in total. The van der Waals surface area contributed by atoms with Gasteiger partial charge in [0.15, 0.2) is 0 Å². The average molecular weight is 226 g/mol. The summed E-state index contributed by atoms with van der Waals surface area (Å²) in [5.41, 5.74) is 0. The Labute approximate surface area is 57.8 Å². The Hall–Kier alpha value is 0.257. The second-order valence-electron chi connectivity index (χ2n) is 0.740. The molecule has 0 aliphatic heterocycles. The Kier molecular flexibility index (Phi) is 3.40. The van der Waals surface area contributed by atoms with Crippen molar-refractivity contribution in [2.75, 3.05) is 0 Å². The first-order chi connectivity index (χ1) is 3.13. The number of hydrogen-bond donors (Lipinski definition) is 0. The fourth-order valence-electron chi connectivity index (χ4n) is 0.0991. The minimum atomic E-state index is -0.484. The van der Waals surface area contributed by atoms with Gasteiger partial charge in [0, 0.05) is 0 Å². The third kappa shape index (κ3) is 6.26. The molecule has 0 saturated heterocycles. The minimum absolute atomic E-state index is 0.484. The van der Waals surface area contributed by atoms with Gasteiger partial charge in [-0.1, -0.05) is 0 Å². The third-order valence-corrected chi connectivity index (χ3v) is 0.696. The Balaban J connectivity index is 3.32. The van der Waals surface area contributed by atoms with Gasteiger partial charge in [0.05, 0.1) is 0 Å². The second kappa shape index (κ2) is 3.28. The molecule has 0 spiro atoms. The fraction of sp³-hybridized carbons (Fsp3) is 0. The van der Waals surface area contributed by atoms with E-state index in [1.807, 2.05) is 0 Å². The molecule has 0 rings (SSSR count). The SMILES string of the molecule is O=C([AsH2])OC(=O)[AsH2]. The summed E-state index contributed by atoms with van der Waals surface area (Å²) >= 11 is 1.58. The number of carbonyl (C=O) groups excluding carboxylic acids is 2. The van der Waals surface area contributed by atoms with Gasteiger partial charge in [-0.25, -0.2) is 0 Å². The Bertz CT molecular complexity index is 87.1. The summed E-state index contributed by atoms with van der Waals surface area (Å²) in [5, 5.41) is 0. The van der Waals surface area contributed by atoms with Gasteiger partial charge in [0.25, 0.3) is 0 Å². The van der Waals surface area contributed by atoms with Gasteiger partial charge < -0.3 is 0 Å². The Morgan fingerprint density at radius 2 is 1.43 bits per heavy atom. The molecule has 2 unspecified atom stereocenters. The summed E-state index contributed by atoms with van der Waals surface area (Å²) in [6.45, 7) is 0. The zero-order valence-electron chi connectivity index (χ0n) is 3.38. The molecule has 2 atom stereocenters. The Morgan fingerprint density at radius 3 is 1.43 bits per heavy atom. The number of rotatable bonds is 0. The van der Waals surface area contributed by atoms with Crippen LogP contribution in [0.25, 0.3) is 0 Å². The van der Waals surface area contributed by atoms with Crippen LogP contribution in [0.15, 0.2) is 0 Å². The van der Waals surface area contributed by atoms with Crippen molar-refractivity contribution in [3.05, 3.63) is 0 Å². The molecule has 0 fully saturated rings. The average Bonchev–Trinajstić information content (AvgIpc) is 1.27. The monoisotopic (exact) mass is 226 g/mol. The first-order valence-electron chi connectivity index (χ1n) is 1.39. The van der Waals surface area contributed by atoms with E-state index in [-0.39, 0.29) is 0 Å². The molecule has 0 bridgehead atoms. The van der Waals surface area contributed by atoms with E-state index in [0.29, 0.717) is 0 Å². The molecule has 0 heterocycles. The summed E-state index contributed by atoms with van der Waals surface area (Å²) in [7, 11) is 0. The Morgan fingerprint density at radius 1 is 1.14 bits per heavy atom. The van der Waals surface area contributed by atoms with E-state index in [4.69, 9.17) is 0 Å². The van der Waals surface area contributed by atoms with Gasteiger partial charge in [0.2, 0.25) is 0 Å². The molecule has 0 aromatic rings. The van der Waals surface area contributed by atoms with Crippen LogP contribution in [0.4, 0.5) is 9.59 Å². The van der Waals surface area contributed by atoms with E-state index in [2.05, 4.69) is 4.74 Å². The third-order valence-electron chi connectivity index (χ3n) is 0.201. The van der Waals surface area contributed by atoms with Crippen LogP contribution < -0.4 is 0 Å². The van der Waals surface area contributed by atoms with Crippen LogP contribution in [0.3, 0.4) is 0 Å². The van der Waals surface area contributed by atoms with Gasteiger partial charge in [-0.2, -0.15) is 0 Å². The molecule has 0 amide bonds. The van der Waals surface area contributed by atoms with Crippen LogP contribution in [0.5, 0.6) is 0 Å². The van der Waals surface area contributed by atoms with Crippen molar-refractivity contribution >= 4 is 43.2 Å². The van der Waals surface area contributed by atoms with E-state index in [1.165, 1.54) is 0 Å². The van der Waals surface area contributed by atoms with Crippen molar-refractivity contribution in [1.82, 2.24) is 0 Å². The van der Waals surface area contributed by atoms with Gasteiger partial charge >= 0.3 is 57.5 Å². The summed E-state index contributed by atoms with van der Waals surface area (Å²) in [6, 6.07) is 0. The standard InChI is InChI=1S/C2H4As2O3/c3-1(5)7-2(4)6/h3-4H2. The number of hydrogen-bond acceptors (Lipinski definition) is 3. The van der Waals surface area contributed by atoms with Crippen LogP contribution >= 0.6 is 0 Å². The van der Waals surface area contributed by atoms with Crippen molar-refractivity contribution in [2.45, 2.75) is 0 Å². The van der Waals surface area contributed by atoms with Crippen molar-refractivity contribution in [3.8, 4) is 0 Å². The van der Waals surface area contributed by atoms with Crippen LogP contribution in [-0.2, 0) is 4.74 Å². The maximum absolute atomic E-state index is 9.85. The van der Waals surface area contributed by atoms with E-state index in [0.717, 1.165) is 33.7 Å². The van der Waals surface area contributed by atoms with Crippen LogP contribution in [0.1, 0.15) is 0 Å². The number of carbonyl (C=O) groups is 2. The van der Waals surface area contributed by atoms with Crippen molar-refractivity contribution in [1.29, 1.82) is 0 Å². The predicted molar refractivity (Wildman–Crippen MR) is 29.0 cm³/mol. The fourth-order valence-corrected chi connectivity index (χ4v) is 1.19. The first kappa shape index (κ1) is 7.26. The van der Waals surface area contributed by atoms with Crippen LogP contribution in [0.2, 0.25) is 0 Å². The van der Waals surface area contributed by atoms with E-state index in [1.54, 1.807) is 0 Å². The van der Waals surface area contributed by atoms with E-state index in [9.17, 15) is 9.59 Å². The molecule has 0 aliphatic carbocycles. The molecule has 0 aromatic carbocycles. The quantitative estimate of drug-likeness (QED) is 0.373. The maximum atomic E-state index is 9.85. The molecular formula is C2H4As2O3. The molecular weight excluding hydrogens is 222 g/mol. The molecule has 3 nitrogen and oxygen atoms in total. The molecule has 0 aliphatic rings. The molecule has 40 valence electrons. The van der Waals surface area contributed by atoms with Crippen LogP contribution in [0, 0.1) is 0 Å². The zero-order valence-corrected chi connectivity index (χ0v) is 8.22. The van der Waals surface area contributed by atoms with Gasteiger partial charge in [-0.3, -0.25) is 0 Å². The molecule has 0 saturated carbocycles. The van der Waals surface area contributed by atoms with Crippen molar-refractivity contribution < 1.29 is 14.3 Å². The van der Waals surface area contributed by atoms with E-state index < -0.39 is 9.51 Å². The summed E-state index contributed by atoms with van der Waals surface area (Å²) < 4.78 is 3.06. The normalized spacial score (nSPS) is 7.71. The summed E-state index contributed by atoms with van der Waals surface area (Å²) in [4.78, 5) is 19.7. The molecule has 5 heteroatoms. The van der Waals surface area contributed by atoms with Gasteiger partial charge in [-0.15, -0.1) is 0 Å². The molecule has 0 radical (unpaired) electrons. The first-order valence-corrected chi connectivity index (χ1v) is 3.82. The van der Waals surface area contributed by atoms with Gasteiger partial charge in [-0.05, 0) is 0 Å². The van der Waals surface area contributed by atoms with Crippen molar-refractivity contribution in [2.24, 2.45) is 0 Å². The summed E-state index contributed by atoms with van der Waals surface area (Å²) in [5.74, 6) is 0. The molecule has 0 aromatic heterocycles. The van der Waals surface area contributed by atoms with Gasteiger partial charge in [0.1, 0.15) is 0 Å². The zero-order chi connectivity index (χ0) is 5.86. The molecule has 7 heavy (non-hydrogen) atoms. The topological polar surface area (TPSA) is 43.4 Å². The van der Waals surface area contributed by atoms with Crippen molar-refractivity contribution in [3.63, 3.8) is 0 Å². The summed E-state index contributed by atoms with van der Waals surface area (Å²) in [6.07, 6.45) is 0. The predicted octanol–water partition coefficient (Wildman–Crippen LogP) is -1.49. The second-order valence-corrected chi connectivity index (χ2v) is 2.72. The van der Waals surface area contributed by atoms with Crippen LogP contribution in [-0.4, -0.2) is 43.2 Å².